The van der Waals surface area contributed by atoms with Crippen molar-refractivity contribution in [3.63, 3.8) is 0 Å². The van der Waals surface area contributed by atoms with E-state index in [1.807, 2.05) is 13.8 Å². The van der Waals surface area contributed by atoms with Gasteiger partial charge < -0.3 is 4.90 Å². The third-order valence-corrected chi connectivity index (χ3v) is 16.9. The van der Waals surface area contributed by atoms with E-state index in [9.17, 15) is 0 Å². The van der Waals surface area contributed by atoms with Crippen LogP contribution in [0.3, 0.4) is 0 Å². The van der Waals surface area contributed by atoms with Gasteiger partial charge in [-0.05, 0) is 167 Å². The molecule has 5 aliphatic carbocycles. The fourth-order valence-electron chi connectivity index (χ4n) is 14.0. The highest BCUT2D eigenvalue weighted by molar-refractivity contribution is 5.99. The van der Waals surface area contributed by atoms with E-state index >= 15 is 0 Å². The molecule has 362 valence electrons. The smallest absolute Gasteiger partial charge is 0.0723 e. The molecule has 0 bridgehead atoms. The van der Waals surface area contributed by atoms with Gasteiger partial charge in [-0.1, -0.05) is 250 Å². The molecule has 0 heterocycles. The van der Waals surface area contributed by atoms with Crippen molar-refractivity contribution in [3.05, 3.63) is 323 Å². The van der Waals surface area contributed by atoms with Gasteiger partial charge >= 0.3 is 0 Å². The molecule has 10 aromatic carbocycles. The zero-order valence-electron chi connectivity index (χ0n) is 43.0. The largest absolute Gasteiger partial charge is 0.311 e. The highest BCUT2D eigenvalue weighted by Crippen LogP contribution is 2.69. The van der Waals surface area contributed by atoms with E-state index in [-0.39, 0.29) is 0 Å². The van der Waals surface area contributed by atoms with Gasteiger partial charge in [-0.3, -0.25) is 0 Å². The van der Waals surface area contributed by atoms with Gasteiger partial charge in [-0.15, -0.1) is 0 Å². The van der Waals surface area contributed by atoms with Gasteiger partial charge in [0.1, 0.15) is 0 Å². The molecule has 0 fully saturated rings. The SMILES string of the molecule is C1=CCC2=C(C=C1)C1(c3ccccc3-c3ccccc31)c1c(-c3ccc(N(c4ccc(-c5ccccc5)cc4)c4ccc(-c5cccc6ccccc56)cc4)cc3)cccc1C21C2=C(CCC=C2)c2ccccc21.CC. The molecule has 0 amide bonds. The molecule has 1 unspecified atom stereocenters. The maximum Gasteiger partial charge on any atom is 0.0723 e. The van der Waals surface area contributed by atoms with Crippen molar-refractivity contribution < 1.29 is 0 Å². The summed E-state index contributed by atoms with van der Waals surface area (Å²) in [5, 5.41) is 2.51. The van der Waals surface area contributed by atoms with E-state index < -0.39 is 10.8 Å². The van der Waals surface area contributed by atoms with Gasteiger partial charge in [0.25, 0.3) is 0 Å². The number of hydrogen-bond donors (Lipinski definition) is 0. The fraction of sp³-hybridized carbons (Fsp3) is 0.0933. The highest BCUT2D eigenvalue weighted by atomic mass is 15.1. The van der Waals surface area contributed by atoms with Gasteiger partial charge in [-0.25, -0.2) is 0 Å². The monoisotopic (exact) mass is 971 g/mol. The zero-order chi connectivity index (χ0) is 50.8. The molecule has 76 heavy (non-hydrogen) atoms. The van der Waals surface area contributed by atoms with E-state index in [0.717, 1.165) is 36.3 Å². The Bertz CT molecular complexity index is 4020. The van der Waals surface area contributed by atoms with E-state index in [1.165, 1.54) is 111 Å². The fourth-order valence-corrected chi connectivity index (χ4v) is 14.0. The normalized spacial score (nSPS) is 16.8. The first-order chi connectivity index (χ1) is 37.7. The first kappa shape index (κ1) is 45.6. The van der Waals surface area contributed by atoms with Crippen LogP contribution in [0, 0.1) is 0 Å². The summed E-state index contributed by atoms with van der Waals surface area (Å²) in [7, 11) is 0. The summed E-state index contributed by atoms with van der Waals surface area (Å²) >= 11 is 0. The van der Waals surface area contributed by atoms with Gasteiger partial charge in [0.05, 0.1) is 10.8 Å². The van der Waals surface area contributed by atoms with E-state index in [4.69, 9.17) is 0 Å². The van der Waals surface area contributed by atoms with E-state index in [0.29, 0.717) is 0 Å². The second kappa shape index (κ2) is 18.4. The van der Waals surface area contributed by atoms with Crippen LogP contribution in [0.1, 0.15) is 66.5 Å². The molecule has 1 nitrogen and oxygen atoms in total. The molecule has 0 saturated carbocycles. The summed E-state index contributed by atoms with van der Waals surface area (Å²) < 4.78 is 0. The standard InChI is InChI=1S/C73H51N.C2H6/c1-3-19-49(20-4-1)50-37-43-54(44-38-50)74(55-45-39-52(40-46-55)58-28-17-22-51-21-7-8-23-57(51)58)56-47-41-53(42-48-56)59-29-18-36-70-71(59)73(66-32-15-11-26-62(66)63-27-12-16-33-67(63)73)69-35-6-2-5-34-68(69)72(70)64-30-13-9-24-60(64)61-25-10-14-31-65(61)72;1-2/h1-9,11-24,26-33,35-48H,10,25,34H2;1-2H3. The van der Waals surface area contributed by atoms with E-state index in [1.54, 1.807) is 0 Å². The summed E-state index contributed by atoms with van der Waals surface area (Å²) in [6.45, 7) is 4.00. The Morgan fingerprint density at radius 2 is 0.855 bits per heavy atom. The molecule has 0 N–H and O–H groups in total. The number of allylic oxidation sites excluding steroid dienone is 10. The highest BCUT2D eigenvalue weighted by Gasteiger charge is 2.60. The maximum absolute atomic E-state index is 2.50. The van der Waals surface area contributed by atoms with Crippen molar-refractivity contribution in [3.8, 4) is 44.5 Å². The first-order valence-corrected chi connectivity index (χ1v) is 27.3. The molecule has 15 rings (SSSR count). The van der Waals surface area contributed by atoms with Crippen LogP contribution >= 0.6 is 0 Å². The Morgan fingerprint density at radius 3 is 1.54 bits per heavy atom. The average Bonchev–Trinajstić information content (AvgIpc) is 3.82. The average molecular weight is 972 g/mol. The Hall–Kier alpha value is -9.04. The summed E-state index contributed by atoms with van der Waals surface area (Å²) in [5.41, 5.74) is 26.3. The number of benzene rings is 10. The second-order valence-corrected chi connectivity index (χ2v) is 20.5. The van der Waals surface area contributed by atoms with Gasteiger partial charge in [0.2, 0.25) is 0 Å². The summed E-state index contributed by atoms with van der Waals surface area (Å²) in [6.07, 6.45) is 17.4. The Labute approximate surface area is 447 Å². The number of nitrogens with zero attached hydrogens (tertiary/aromatic N) is 1. The topological polar surface area (TPSA) is 3.24 Å². The van der Waals surface area contributed by atoms with Gasteiger partial charge in [-0.2, -0.15) is 0 Å². The molecule has 1 heteroatoms. The Balaban J connectivity index is 0.00000261. The quantitative estimate of drug-likeness (QED) is 0.160. The molecular formula is C75H57N. The van der Waals surface area contributed by atoms with Crippen LogP contribution in [0.4, 0.5) is 17.1 Å². The first-order valence-electron chi connectivity index (χ1n) is 27.3. The number of fused-ring (bicyclic) bond motifs is 15. The van der Waals surface area contributed by atoms with Crippen molar-refractivity contribution in [1.29, 1.82) is 0 Å². The number of hydrogen-bond acceptors (Lipinski definition) is 1. The maximum atomic E-state index is 2.50. The summed E-state index contributed by atoms with van der Waals surface area (Å²) in [5.74, 6) is 0. The Kier molecular flexibility index (Phi) is 11.0. The van der Waals surface area contributed by atoms with Crippen LogP contribution in [0.2, 0.25) is 0 Å². The van der Waals surface area contributed by atoms with Crippen LogP contribution < -0.4 is 4.90 Å². The van der Waals surface area contributed by atoms with E-state index in [2.05, 4.69) is 278 Å². The number of rotatable bonds is 6. The molecular weight excluding hydrogens is 915 g/mol. The summed E-state index contributed by atoms with van der Waals surface area (Å²) in [4.78, 5) is 2.41. The van der Waals surface area contributed by atoms with Crippen molar-refractivity contribution in [2.75, 3.05) is 4.90 Å². The molecule has 0 aromatic heterocycles. The molecule has 0 radical (unpaired) electrons. The zero-order valence-corrected chi connectivity index (χ0v) is 43.0. The van der Waals surface area contributed by atoms with Crippen LogP contribution in [0.15, 0.2) is 290 Å². The van der Waals surface area contributed by atoms with Crippen molar-refractivity contribution in [2.24, 2.45) is 0 Å². The van der Waals surface area contributed by atoms with Crippen molar-refractivity contribution in [2.45, 2.75) is 43.9 Å². The molecule has 0 saturated heterocycles. The predicted octanol–water partition coefficient (Wildman–Crippen LogP) is 19.9. The van der Waals surface area contributed by atoms with Crippen molar-refractivity contribution >= 4 is 33.4 Å². The predicted molar refractivity (Wildman–Crippen MR) is 320 cm³/mol. The van der Waals surface area contributed by atoms with Crippen LogP contribution in [-0.2, 0) is 10.8 Å². The van der Waals surface area contributed by atoms with Crippen molar-refractivity contribution in [1.82, 2.24) is 0 Å². The van der Waals surface area contributed by atoms with Crippen LogP contribution in [0.5, 0.6) is 0 Å². The molecule has 5 aliphatic rings. The lowest BCUT2D eigenvalue weighted by molar-refractivity contribution is 0.610. The second-order valence-electron chi connectivity index (χ2n) is 20.5. The van der Waals surface area contributed by atoms with Gasteiger partial charge in [0, 0.05) is 17.1 Å². The lowest BCUT2D eigenvalue weighted by atomic mass is 9.50. The molecule has 10 aromatic rings. The van der Waals surface area contributed by atoms with Crippen LogP contribution in [0.25, 0.3) is 60.9 Å². The minimum atomic E-state index is -0.574. The van der Waals surface area contributed by atoms with Crippen LogP contribution in [-0.4, -0.2) is 0 Å². The summed E-state index contributed by atoms with van der Waals surface area (Å²) in [6, 6.07) is 88.7. The lowest BCUT2D eigenvalue weighted by Gasteiger charge is -2.51. The minimum absolute atomic E-state index is 0.471. The number of anilines is 3. The molecule has 0 aliphatic heterocycles. The minimum Gasteiger partial charge on any atom is -0.311 e. The molecule has 2 spiro atoms. The third kappa shape index (κ3) is 6.65. The van der Waals surface area contributed by atoms with Gasteiger partial charge in [0.15, 0.2) is 0 Å². The molecule has 1 atom stereocenters. The third-order valence-electron chi connectivity index (χ3n) is 16.9. The Morgan fingerprint density at radius 1 is 0.355 bits per heavy atom. The lowest BCUT2D eigenvalue weighted by Crippen LogP contribution is -2.44.